The quantitative estimate of drug-likeness (QED) is 0.626. The van der Waals surface area contributed by atoms with Crippen LogP contribution in [0.5, 0.6) is 0 Å². The molecule has 11 nitrogen and oxygen atoms in total. The van der Waals surface area contributed by atoms with Gasteiger partial charge in [0.05, 0.1) is 12.3 Å². The zero-order valence-electron chi connectivity index (χ0n) is 12.0. The van der Waals surface area contributed by atoms with Crippen molar-refractivity contribution < 1.29 is 18.7 Å². The van der Waals surface area contributed by atoms with Gasteiger partial charge in [-0.3, -0.25) is 0 Å². The summed E-state index contributed by atoms with van der Waals surface area (Å²) in [5.74, 6) is 0.189. The van der Waals surface area contributed by atoms with Gasteiger partial charge in [-0.15, -0.1) is 5.10 Å². The minimum absolute atomic E-state index is 0.0834. The molecule has 0 saturated carbocycles. The fourth-order valence-corrected chi connectivity index (χ4v) is 1.78. The summed E-state index contributed by atoms with van der Waals surface area (Å²) >= 11 is 0. The summed E-state index contributed by atoms with van der Waals surface area (Å²) in [7, 11) is 0. The molecule has 0 aliphatic rings. The molecule has 0 radical (unpaired) electrons. The molecule has 3 aromatic rings. The lowest BCUT2D eigenvalue weighted by Gasteiger charge is -2.00. The number of ether oxygens (including phenoxy) is 1. The Morgan fingerprint density at radius 3 is 2.77 bits per heavy atom. The first-order valence-electron chi connectivity index (χ1n) is 6.34. The van der Waals surface area contributed by atoms with Gasteiger partial charge >= 0.3 is 5.97 Å². The monoisotopic (exact) mass is 305 g/mol. The average molecular weight is 305 g/mol. The van der Waals surface area contributed by atoms with Crippen LogP contribution < -0.4 is 0 Å². The van der Waals surface area contributed by atoms with Crippen LogP contribution >= 0.6 is 0 Å². The maximum atomic E-state index is 11.8. The van der Waals surface area contributed by atoms with E-state index >= 15 is 0 Å². The molecular weight excluding hydrogens is 294 g/mol. The first kappa shape index (κ1) is 13.9. The van der Waals surface area contributed by atoms with Gasteiger partial charge in [0.25, 0.3) is 0 Å². The zero-order valence-corrected chi connectivity index (χ0v) is 12.0. The lowest BCUT2D eigenvalue weighted by molar-refractivity contribution is 0.0518. The Hall–Kier alpha value is -3.11. The highest BCUT2D eigenvalue weighted by Gasteiger charge is 2.25. The van der Waals surface area contributed by atoms with E-state index in [1.807, 2.05) is 0 Å². The van der Waals surface area contributed by atoms with Crippen molar-refractivity contribution in [1.29, 1.82) is 0 Å². The number of rotatable bonds is 4. The van der Waals surface area contributed by atoms with Gasteiger partial charge in [-0.1, -0.05) is 10.4 Å². The lowest BCUT2D eigenvalue weighted by Crippen LogP contribution is -2.08. The Morgan fingerprint density at radius 2 is 2.09 bits per heavy atom. The fourth-order valence-electron chi connectivity index (χ4n) is 1.78. The number of hydrogen-bond donors (Lipinski definition) is 0. The van der Waals surface area contributed by atoms with Gasteiger partial charge in [-0.05, 0) is 24.2 Å². The SMILES string of the molecule is CCOC(=O)c1nnn(-c2nonc2-c2noc(C)n2)c1C. The third kappa shape index (κ3) is 2.21. The highest BCUT2D eigenvalue weighted by molar-refractivity contribution is 5.88. The van der Waals surface area contributed by atoms with Crippen molar-refractivity contribution >= 4 is 5.97 Å². The van der Waals surface area contributed by atoms with Gasteiger partial charge in [0.15, 0.2) is 5.69 Å². The minimum atomic E-state index is -0.570. The minimum Gasteiger partial charge on any atom is -0.461 e. The summed E-state index contributed by atoms with van der Waals surface area (Å²) in [6.07, 6.45) is 0. The Morgan fingerprint density at radius 1 is 1.27 bits per heavy atom. The topological polar surface area (TPSA) is 135 Å². The number of aryl methyl sites for hydroxylation is 1. The van der Waals surface area contributed by atoms with E-state index in [2.05, 4.69) is 30.8 Å². The second-order valence-corrected chi connectivity index (χ2v) is 4.23. The molecule has 3 heterocycles. The van der Waals surface area contributed by atoms with Crippen molar-refractivity contribution in [3.8, 4) is 17.3 Å². The first-order chi connectivity index (χ1) is 10.6. The van der Waals surface area contributed by atoms with Crippen LogP contribution in [-0.4, -0.2) is 48.0 Å². The average Bonchev–Trinajstić information content (AvgIpc) is 3.17. The summed E-state index contributed by atoms with van der Waals surface area (Å²) in [5, 5.41) is 18.9. The number of hydrogen-bond acceptors (Lipinski definition) is 10. The molecule has 0 unspecified atom stereocenters. The van der Waals surface area contributed by atoms with Crippen molar-refractivity contribution in [1.82, 2.24) is 35.4 Å². The molecule has 0 spiro atoms. The number of nitrogens with zero attached hydrogens (tertiary/aromatic N) is 7. The Kier molecular flexibility index (Phi) is 3.37. The van der Waals surface area contributed by atoms with Gasteiger partial charge in [-0.25, -0.2) is 9.42 Å². The summed E-state index contributed by atoms with van der Waals surface area (Å²) in [6, 6.07) is 0. The molecule has 3 rings (SSSR count). The summed E-state index contributed by atoms with van der Waals surface area (Å²) in [6.45, 7) is 5.23. The van der Waals surface area contributed by atoms with E-state index < -0.39 is 5.97 Å². The molecule has 0 fully saturated rings. The van der Waals surface area contributed by atoms with Crippen LogP contribution in [-0.2, 0) is 4.74 Å². The van der Waals surface area contributed by atoms with Crippen molar-refractivity contribution in [2.75, 3.05) is 6.61 Å². The third-order valence-electron chi connectivity index (χ3n) is 2.77. The molecule has 11 heteroatoms. The van der Waals surface area contributed by atoms with Crippen LogP contribution in [0.4, 0.5) is 0 Å². The molecule has 0 aliphatic heterocycles. The number of aromatic nitrogens is 7. The van der Waals surface area contributed by atoms with Crippen LogP contribution in [0.25, 0.3) is 17.3 Å². The zero-order chi connectivity index (χ0) is 15.7. The molecule has 3 aromatic heterocycles. The van der Waals surface area contributed by atoms with Gasteiger partial charge in [0.2, 0.25) is 23.2 Å². The van der Waals surface area contributed by atoms with Crippen molar-refractivity contribution in [2.24, 2.45) is 0 Å². The highest BCUT2D eigenvalue weighted by Crippen LogP contribution is 2.21. The van der Waals surface area contributed by atoms with Crippen LogP contribution in [0.15, 0.2) is 9.15 Å². The maximum absolute atomic E-state index is 11.8. The number of carbonyl (C=O) groups excluding carboxylic acids is 1. The Bertz CT molecular complexity index is 818. The second-order valence-electron chi connectivity index (χ2n) is 4.23. The van der Waals surface area contributed by atoms with E-state index in [4.69, 9.17) is 13.9 Å². The molecular formula is C11H11N7O4. The normalized spacial score (nSPS) is 10.9. The Balaban J connectivity index is 2.03. The van der Waals surface area contributed by atoms with Crippen LogP contribution in [0.2, 0.25) is 0 Å². The predicted octanol–water partition coefficient (Wildman–Crippen LogP) is 0.494. The Labute approximate surface area is 123 Å². The molecule has 0 atom stereocenters. The van der Waals surface area contributed by atoms with Gasteiger partial charge in [-0.2, -0.15) is 9.67 Å². The molecule has 0 aliphatic carbocycles. The van der Waals surface area contributed by atoms with Crippen molar-refractivity contribution in [2.45, 2.75) is 20.8 Å². The number of esters is 1. The molecule has 0 bridgehead atoms. The molecule has 0 amide bonds. The van der Waals surface area contributed by atoms with Crippen LogP contribution in [0.1, 0.15) is 29.0 Å². The number of carbonyl (C=O) groups is 1. The largest absolute Gasteiger partial charge is 0.461 e. The van der Waals surface area contributed by atoms with Crippen molar-refractivity contribution in [3.63, 3.8) is 0 Å². The van der Waals surface area contributed by atoms with E-state index in [1.165, 1.54) is 4.68 Å². The van der Waals surface area contributed by atoms with E-state index in [0.29, 0.717) is 11.6 Å². The first-order valence-corrected chi connectivity index (χ1v) is 6.34. The second kappa shape index (κ2) is 5.35. The van der Waals surface area contributed by atoms with Gasteiger partial charge < -0.3 is 9.26 Å². The summed E-state index contributed by atoms with van der Waals surface area (Å²) in [5.41, 5.74) is 0.732. The van der Waals surface area contributed by atoms with Crippen molar-refractivity contribution in [3.05, 3.63) is 17.3 Å². The van der Waals surface area contributed by atoms with Crippen LogP contribution in [0, 0.1) is 13.8 Å². The molecule has 0 N–H and O–H groups in total. The highest BCUT2D eigenvalue weighted by atomic mass is 16.6. The third-order valence-corrected chi connectivity index (χ3v) is 2.77. The van der Waals surface area contributed by atoms with Crippen LogP contribution in [0.3, 0.4) is 0 Å². The van der Waals surface area contributed by atoms with Gasteiger partial charge in [0.1, 0.15) is 0 Å². The standard InChI is InChI=1S/C11H11N7O4/c1-4-20-11(19)7-5(2)18(17-13-7)10-8(14-22-16-10)9-12-6(3)21-15-9/h4H2,1-3H3. The summed E-state index contributed by atoms with van der Waals surface area (Å²) in [4.78, 5) is 15.8. The maximum Gasteiger partial charge on any atom is 0.360 e. The lowest BCUT2D eigenvalue weighted by atomic mass is 10.3. The van der Waals surface area contributed by atoms with E-state index in [-0.39, 0.29) is 29.6 Å². The molecule has 0 saturated heterocycles. The van der Waals surface area contributed by atoms with Gasteiger partial charge in [0, 0.05) is 6.92 Å². The van der Waals surface area contributed by atoms with E-state index in [1.54, 1.807) is 20.8 Å². The molecule has 114 valence electrons. The fraction of sp³-hybridized carbons (Fsp3) is 0.364. The summed E-state index contributed by atoms with van der Waals surface area (Å²) < 4.78 is 15.8. The van der Waals surface area contributed by atoms with E-state index in [0.717, 1.165) is 0 Å². The molecule has 22 heavy (non-hydrogen) atoms. The smallest absolute Gasteiger partial charge is 0.360 e. The molecule has 0 aromatic carbocycles. The van der Waals surface area contributed by atoms with E-state index in [9.17, 15) is 4.79 Å². The predicted molar refractivity (Wildman–Crippen MR) is 67.9 cm³/mol.